The Kier molecular flexibility index (Phi) is 7.79. The number of rotatable bonds is 8. The number of nitrogens with one attached hydrogen (secondary N) is 2. The molecule has 0 amide bonds. The molecule has 0 saturated carbocycles. The van der Waals surface area contributed by atoms with E-state index in [4.69, 9.17) is 0 Å². The second-order valence-corrected chi connectivity index (χ2v) is 5.54. The van der Waals surface area contributed by atoms with E-state index in [1.807, 2.05) is 18.5 Å². The lowest BCUT2D eigenvalue weighted by molar-refractivity contribution is 0.536. The molecule has 1 rings (SSSR count). The normalized spacial score (nSPS) is 13.3. The summed E-state index contributed by atoms with van der Waals surface area (Å²) in [7, 11) is 3.76. The van der Waals surface area contributed by atoms with Crippen LogP contribution in [0.4, 0.5) is 0 Å². The molecule has 0 aliphatic heterocycles. The molecule has 0 spiro atoms. The fourth-order valence-electron chi connectivity index (χ4n) is 2.15. The van der Waals surface area contributed by atoms with Gasteiger partial charge >= 0.3 is 0 Å². The van der Waals surface area contributed by atoms with Crippen molar-refractivity contribution in [3.8, 4) is 0 Å². The minimum absolute atomic E-state index is 0.425. The van der Waals surface area contributed by atoms with Crippen LogP contribution in [0.15, 0.2) is 4.99 Å². The van der Waals surface area contributed by atoms with E-state index >= 15 is 0 Å². The molecule has 0 saturated heterocycles. The summed E-state index contributed by atoms with van der Waals surface area (Å²) in [5.41, 5.74) is 0. The molecule has 0 aliphatic rings. The van der Waals surface area contributed by atoms with Crippen LogP contribution in [0.3, 0.4) is 0 Å². The van der Waals surface area contributed by atoms with Gasteiger partial charge in [-0.2, -0.15) is 0 Å². The Morgan fingerprint density at radius 3 is 2.62 bits per heavy atom. The summed E-state index contributed by atoms with van der Waals surface area (Å²) in [4.78, 5) is 4.26. The highest BCUT2D eigenvalue weighted by molar-refractivity contribution is 5.79. The number of nitrogens with zero attached hydrogens (tertiary/aromatic N) is 4. The molecular weight excluding hydrogens is 264 g/mol. The number of aromatic nitrogens is 3. The maximum Gasteiger partial charge on any atom is 0.191 e. The molecule has 0 radical (unpaired) electrons. The van der Waals surface area contributed by atoms with Gasteiger partial charge in [0.25, 0.3) is 0 Å². The van der Waals surface area contributed by atoms with Crippen LogP contribution in [0, 0.1) is 6.92 Å². The molecule has 6 nitrogen and oxygen atoms in total. The van der Waals surface area contributed by atoms with E-state index in [1.165, 1.54) is 32.1 Å². The molecule has 1 aromatic heterocycles. The van der Waals surface area contributed by atoms with Crippen molar-refractivity contribution in [1.29, 1.82) is 0 Å². The van der Waals surface area contributed by atoms with E-state index in [9.17, 15) is 0 Å². The predicted octanol–water partition coefficient (Wildman–Crippen LogP) is 2.15. The van der Waals surface area contributed by atoms with Crippen LogP contribution in [0.2, 0.25) is 0 Å². The van der Waals surface area contributed by atoms with Gasteiger partial charge in [0.05, 0.1) is 6.54 Å². The van der Waals surface area contributed by atoms with Crippen LogP contribution in [0.5, 0.6) is 0 Å². The van der Waals surface area contributed by atoms with E-state index in [0.717, 1.165) is 17.6 Å². The van der Waals surface area contributed by atoms with Crippen molar-refractivity contribution in [3.63, 3.8) is 0 Å². The number of hydrogen-bond acceptors (Lipinski definition) is 3. The first kappa shape index (κ1) is 17.5. The molecule has 0 aliphatic carbocycles. The molecule has 21 heavy (non-hydrogen) atoms. The van der Waals surface area contributed by atoms with Gasteiger partial charge < -0.3 is 15.2 Å². The Bertz CT molecular complexity index is 437. The van der Waals surface area contributed by atoms with Gasteiger partial charge in [-0.05, 0) is 20.3 Å². The fourth-order valence-corrected chi connectivity index (χ4v) is 2.15. The Morgan fingerprint density at radius 2 is 2.05 bits per heavy atom. The first-order valence-electron chi connectivity index (χ1n) is 7.90. The molecule has 0 fully saturated rings. The predicted molar refractivity (Wildman–Crippen MR) is 87.3 cm³/mol. The van der Waals surface area contributed by atoms with Crippen molar-refractivity contribution in [1.82, 2.24) is 25.4 Å². The Balaban J connectivity index is 2.33. The third-order valence-electron chi connectivity index (χ3n) is 3.69. The van der Waals surface area contributed by atoms with Gasteiger partial charge in [-0.15, -0.1) is 10.2 Å². The van der Waals surface area contributed by atoms with Gasteiger partial charge in [-0.25, -0.2) is 0 Å². The van der Waals surface area contributed by atoms with E-state index in [1.54, 1.807) is 7.05 Å². The maximum atomic E-state index is 4.26. The Morgan fingerprint density at radius 1 is 1.29 bits per heavy atom. The number of unbranched alkanes of at least 4 members (excludes halogenated alkanes) is 3. The topological polar surface area (TPSA) is 67.1 Å². The number of guanidine groups is 1. The van der Waals surface area contributed by atoms with Crippen molar-refractivity contribution < 1.29 is 0 Å². The third-order valence-corrected chi connectivity index (χ3v) is 3.69. The van der Waals surface area contributed by atoms with Crippen molar-refractivity contribution in [2.24, 2.45) is 12.0 Å². The highest BCUT2D eigenvalue weighted by atomic mass is 15.3. The van der Waals surface area contributed by atoms with Crippen molar-refractivity contribution >= 4 is 5.96 Å². The quantitative estimate of drug-likeness (QED) is 0.438. The van der Waals surface area contributed by atoms with Gasteiger partial charge in [0.2, 0.25) is 0 Å². The SMILES string of the molecule is CCCCCCC(C)NC(=NC)NCc1nnc(C)n1C. The van der Waals surface area contributed by atoms with Gasteiger partial charge in [-0.3, -0.25) is 4.99 Å². The molecule has 1 heterocycles. The third kappa shape index (κ3) is 6.14. The molecule has 0 aromatic carbocycles. The lowest BCUT2D eigenvalue weighted by Gasteiger charge is -2.17. The molecular formula is C15H30N6. The highest BCUT2D eigenvalue weighted by Gasteiger charge is 2.08. The van der Waals surface area contributed by atoms with E-state index in [-0.39, 0.29) is 0 Å². The zero-order valence-corrected chi connectivity index (χ0v) is 14.1. The van der Waals surface area contributed by atoms with Gasteiger partial charge in [0, 0.05) is 20.1 Å². The molecule has 6 heteroatoms. The Labute approximate surface area is 128 Å². The lowest BCUT2D eigenvalue weighted by atomic mass is 10.1. The highest BCUT2D eigenvalue weighted by Crippen LogP contribution is 2.05. The zero-order chi connectivity index (χ0) is 15.7. The van der Waals surface area contributed by atoms with Crippen LogP contribution in [-0.4, -0.2) is 33.8 Å². The lowest BCUT2D eigenvalue weighted by Crippen LogP contribution is -2.42. The molecule has 120 valence electrons. The molecule has 1 atom stereocenters. The van der Waals surface area contributed by atoms with Crippen LogP contribution in [0.1, 0.15) is 57.6 Å². The average Bonchev–Trinajstić information content (AvgIpc) is 2.79. The van der Waals surface area contributed by atoms with Crippen LogP contribution < -0.4 is 10.6 Å². The van der Waals surface area contributed by atoms with Crippen molar-refractivity contribution in [3.05, 3.63) is 11.6 Å². The monoisotopic (exact) mass is 294 g/mol. The summed E-state index contributed by atoms with van der Waals surface area (Å²) in [6, 6.07) is 0.425. The van der Waals surface area contributed by atoms with E-state index in [0.29, 0.717) is 12.6 Å². The van der Waals surface area contributed by atoms with Crippen molar-refractivity contribution in [2.75, 3.05) is 7.05 Å². The average molecular weight is 294 g/mol. The molecule has 1 aromatic rings. The summed E-state index contributed by atoms with van der Waals surface area (Å²) >= 11 is 0. The van der Waals surface area contributed by atoms with Crippen LogP contribution >= 0.6 is 0 Å². The summed E-state index contributed by atoms with van der Waals surface area (Å²) in [5, 5.41) is 14.9. The summed E-state index contributed by atoms with van der Waals surface area (Å²) in [5.74, 6) is 2.64. The summed E-state index contributed by atoms with van der Waals surface area (Å²) in [6.07, 6.45) is 6.35. The van der Waals surface area contributed by atoms with Gasteiger partial charge in [0.15, 0.2) is 11.8 Å². The second kappa shape index (κ2) is 9.37. The van der Waals surface area contributed by atoms with Gasteiger partial charge in [0.1, 0.15) is 5.82 Å². The minimum Gasteiger partial charge on any atom is -0.354 e. The first-order chi connectivity index (χ1) is 10.1. The molecule has 0 bridgehead atoms. The largest absolute Gasteiger partial charge is 0.354 e. The Hall–Kier alpha value is -1.59. The number of hydrogen-bond donors (Lipinski definition) is 2. The molecule has 2 N–H and O–H groups in total. The maximum absolute atomic E-state index is 4.26. The fraction of sp³-hybridized carbons (Fsp3) is 0.800. The van der Waals surface area contributed by atoms with Crippen molar-refractivity contribution in [2.45, 2.75) is 65.5 Å². The summed E-state index contributed by atoms with van der Waals surface area (Å²) in [6.45, 7) is 7.01. The van der Waals surface area contributed by atoms with E-state index in [2.05, 4.69) is 39.7 Å². The first-order valence-corrected chi connectivity index (χ1v) is 7.90. The summed E-state index contributed by atoms with van der Waals surface area (Å²) < 4.78 is 1.98. The zero-order valence-electron chi connectivity index (χ0n) is 14.1. The smallest absolute Gasteiger partial charge is 0.191 e. The minimum atomic E-state index is 0.425. The number of aliphatic imine (C=N–C) groups is 1. The van der Waals surface area contributed by atoms with Gasteiger partial charge in [-0.1, -0.05) is 32.6 Å². The molecule has 1 unspecified atom stereocenters. The van der Waals surface area contributed by atoms with E-state index < -0.39 is 0 Å². The standard InChI is InChI=1S/C15H30N6/c1-6-7-8-9-10-12(2)18-15(16-4)17-11-14-20-19-13(3)21(14)5/h12H,6-11H2,1-5H3,(H2,16,17,18). The number of aryl methyl sites for hydroxylation is 1. The second-order valence-electron chi connectivity index (χ2n) is 5.54. The van der Waals surface area contributed by atoms with Crippen LogP contribution in [0.25, 0.3) is 0 Å². The van der Waals surface area contributed by atoms with Crippen LogP contribution in [-0.2, 0) is 13.6 Å².